The maximum absolute atomic E-state index is 12.6. The van der Waals surface area contributed by atoms with Gasteiger partial charge in [0.25, 0.3) is 0 Å². The highest BCUT2D eigenvalue weighted by atomic mass is 19.1. The summed E-state index contributed by atoms with van der Waals surface area (Å²) in [6, 6.07) is 6.84. The van der Waals surface area contributed by atoms with Crippen LogP contribution in [0, 0.1) is 11.7 Å². The number of hydrogen-bond acceptors (Lipinski definition) is 0. The first-order valence-corrected chi connectivity index (χ1v) is 5.46. The van der Waals surface area contributed by atoms with Crippen molar-refractivity contribution in [1.29, 1.82) is 0 Å². The molecular formula is C13H19F. The summed E-state index contributed by atoms with van der Waals surface area (Å²) in [6.07, 6.45) is 4.81. The summed E-state index contributed by atoms with van der Waals surface area (Å²) in [4.78, 5) is 0. The summed E-state index contributed by atoms with van der Waals surface area (Å²) in [5, 5.41) is 0. The molecule has 0 amide bonds. The second kappa shape index (κ2) is 5.79. The van der Waals surface area contributed by atoms with Crippen molar-refractivity contribution >= 4 is 0 Å². The third-order valence-corrected chi connectivity index (χ3v) is 2.77. The van der Waals surface area contributed by atoms with E-state index in [4.69, 9.17) is 0 Å². The first-order valence-electron chi connectivity index (χ1n) is 5.46. The standard InChI is InChI=1S/C13H19F/c1-3-11(2)5-4-6-12-7-9-13(14)10-8-12/h7-11H,3-6H2,1-2H3. The van der Waals surface area contributed by atoms with Gasteiger partial charge in [0.1, 0.15) is 5.82 Å². The lowest BCUT2D eigenvalue weighted by Crippen LogP contribution is -1.94. The Labute approximate surface area is 86.2 Å². The summed E-state index contributed by atoms with van der Waals surface area (Å²) >= 11 is 0. The van der Waals surface area contributed by atoms with E-state index >= 15 is 0 Å². The Morgan fingerprint density at radius 2 is 1.86 bits per heavy atom. The molecule has 14 heavy (non-hydrogen) atoms. The quantitative estimate of drug-likeness (QED) is 0.659. The van der Waals surface area contributed by atoms with E-state index < -0.39 is 0 Å². The number of halogens is 1. The largest absolute Gasteiger partial charge is 0.207 e. The summed E-state index contributed by atoms with van der Waals surface area (Å²) in [7, 11) is 0. The number of hydrogen-bond donors (Lipinski definition) is 0. The van der Waals surface area contributed by atoms with Gasteiger partial charge in [-0.25, -0.2) is 4.39 Å². The van der Waals surface area contributed by atoms with Gasteiger partial charge in [0, 0.05) is 0 Å². The topological polar surface area (TPSA) is 0 Å². The molecule has 1 rings (SSSR count). The molecule has 0 aliphatic heterocycles. The molecule has 0 N–H and O–H groups in total. The van der Waals surface area contributed by atoms with E-state index in [1.807, 2.05) is 12.1 Å². The molecule has 0 aromatic heterocycles. The molecule has 78 valence electrons. The Morgan fingerprint density at radius 3 is 2.43 bits per heavy atom. The molecule has 0 nitrogen and oxygen atoms in total. The first-order chi connectivity index (χ1) is 6.72. The lowest BCUT2D eigenvalue weighted by Gasteiger charge is -2.07. The molecule has 0 spiro atoms. The highest BCUT2D eigenvalue weighted by molar-refractivity contribution is 5.15. The fourth-order valence-electron chi connectivity index (χ4n) is 1.51. The minimum absolute atomic E-state index is 0.143. The molecule has 0 fully saturated rings. The van der Waals surface area contributed by atoms with E-state index in [0.717, 1.165) is 12.3 Å². The van der Waals surface area contributed by atoms with E-state index in [2.05, 4.69) is 13.8 Å². The van der Waals surface area contributed by atoms with Gasteiger partial charge in [-0.05, 0) is 36.5 Å². The predicted molar refractivity (Wildman–Crippen MR) is 58.8 cm³/mol. The van der Waals surface area contributed by atoms with E-state index in [1.165, 1.54) is 24.8 Å². The molecule has 0 bridgehead atoms. The second-order valence-corrected chi connectivity index (χ2v) is 4.03. The van der Waals surface area contributed by atoms with Crippen molar-refractivity contribution in [2.24, 2.45) is 5.92 Å². The SMILES string of the molecule is CCC(C)CCCc1ccc(F)cc1. The monoisotopic (exact) mass is 194 g/mol. The second-order valence-electron chi connectivity index (χ2n) is 4.03. The average Bonchev–Trinajstić information content (AvgIpc) is 2.21. The van der Waals surface area contributed by atoms with E-state index in [1.54, 1.807) is 12.1 Å². The van der Waals surface area contributed by atoms with Gasteiger partial charge in [0.05, 0.1) is 0 Å². The highest BCUT2D eigenvalue weighted by Crippen LogP contribution is 2.13. The van der Waals surface area contributed by atoms with Gasteiger partial charge in [0.15, 0.2) is 0 Å². The van der Waals surface area contributed by atoms with Crippen molar-refractivity contribution in [3.63, 3.8) is 0 Å². The van der Waals surface area contributed by atoms with Crippen molar-refractivity contribution in [2.45, 2.75) is 39.5 Å². The van der Waals surface area contributed by atoms with Crippen LogP contribution in [-0.2, 0) is 6.42 Å². The number of benzene rings is 1. The van der Waals surface area contributed by atoms with E-state index in [0.29, 0.717) is 0 Å². The molecule has 0 radical (unpaired) electrons. The Kier molecular flexibility index (Phi) is 4.64. The lowest BCUT2D eigenvalue weighted by molar-refractivity contribution is 0.495. The highest BCUT2D eigenvalue weighted by Gasteiger charge is 1.99. The van der Waals surface area contributed by atoms with Gasteiger partial charge >= 0.3 is 0 Å². The van der Waals surface area contributed by atoms with E-state index in [9.17, 15) is 4.39 Å². The molecule has 0 aliphatic carbocycles. The van der Waals surface area contributed by atoms with Crippen LogP contribution in [0.3, 0.4) is 0 Å². The zero-order valence-corrected chi connectivity index (χ0v) is 9.09. The van der Waals surface area contributed by atoms with Crippen molar-refractivity contribution in [2.75, 3.05) is 0 Å². The van der Waals surface area contributed by atoms with Gasteiger partial charge < -0.3 is 0 Å². The van der Waals surface area contributed by atoms with Crippen LogP contribution in [0.4, 0.5) is 4.39 Å². The molecular weight excluding hydrogens is 175 g/mol. The van der Waals surface area contributed by atoms with E-state index in [-0.39, 0.29) is 5.82 Å². The van der Waals surface area contributed by atoms with Crippen molar-refractivity contribution in [1.82, 2.24) is 0 Å². The van der Waals surface area contributed by atoms with Crippen LogP contribution in [-0.4, -0.2) is 0 Å². The molecule has 1 atom stereocenters. The van der Waals surface area contributed by atoms with Crippen molar-refractivity contribution in [3.05, 3.63) is 35.6 Å². The van der Waals surface area contributed by atoms with Crippen LogP contribution in [0.1, 0.15) is 38.7 Å². The zero-order valence-electron chi connectivity index (χ0n) is 9.09. The normalized spacial score (nSPS) is 12.8. The van der Waals surface area contributed by atoms with Gasteiger partial charge in [-0.1, -0.05) is 38.8 Å². The molecule has 1 heteroatoms. The Morgan fingerprint density at radius 1 is 1.21 bits per heavy atom. The van der Waals surface area contributed by atoms with Crippen molar-refractivity contribution < 1.29 is 4.39 Å². The third-order valence-electron chi connectivity index (χ3n) is 2.77. The van der Waals surface area contributed by atoms with Crippen LogP contribution >= 0.6 is 0 Å². The number of rotatable bonds is 5. The van der Waals surface area contributed by atoms with Gasteiger partial charge in [0.2, 0.25) is 0 Å². The van der Waals surface area contributed by atoms with Crippen LogP contribution in [0.25, 0.3) is 0 Å². The molecule has 0 saturated heterocycles. The zero-order chi connectivity index (χ0) is 10.4. The Balaban J connectivity index is 2.28. The fourth-order valence-corrected chi connectivity index (χ4v) is 1.51. The minimum atomic E-state index is -0.143. The van der Waals surface area contributed by atoms with Gasteiger partial charge in [-0.3, -0.25) is 0 Å². The van der Waals surface area contributed by atoms with Crippen LogP contribution in [0.2, 0.25) is 0 Å². The predicted octanol–water partition coefficient (Wildman–Crippen LogP) is 4.19. The summed E-state index contributed by atoms with van der Waals surface area (Å²) in [5.41, 5.74) is 1.25. The van der Waals surface area contributed by atoms with Crippen LogP contribution < -0.4 is 0 Å². The maximum Gasteiger partial charge on any atom is 0.123 e. The summed E-state index contributed by atoms with van der Waals surface area (Å²) < 4.78 is 12.6. The summed E-state index contributed by atoms with van der Waals surface area (Å²) in [6.45, 7) is 4.51. The molecule has 0 aliphatic rings. The van der Waals surface area contributed by atoms with Gasteiger partial charge in [-0.2, -0.15) is 0 Å². The number of aryl methyl sites for hydroxylation is 1. The molecule has 1 aromatic carbocycles. The molecule has 1 unspecified atom stereocenters. The molecule has 1 aromatic rings. The third kappa shape index (κ3) is 3.91. The minimum Gasteiger partial charge on any atom is -0.207 e. The maximum atomic E-state index is 12.6. The summed E-state index contributed by atoms with van der Waals surface area (Å²) in [5.74, 6) is 0.672. The Bertz CT molecular complexity index is 250. The smallest absolute Gasteiger partial charge is 0.123 e. The average molecular weight is 194 g/mol. The first kappa shape index (κ1) is 11.2. The van der Waals surface area contributed by atoms with Gasteiger partial charge in [-0.15, -0.1) is 0 Å². The van der Waals surface area contributed by atoms with Crippen molar-refractivity contribution in [3.8, 4) is 0 Å². The molecule has 0 saturated carbocycles. The lowest BCUT2D eigenvalue weighted by atomic mass is 9.99. The Hall–Kier alpha value is -0.850. The fraction of sp³-hybridized carbons (Fsp3) is 0.538. The van der Waals surface area contributed by atoms with Crippen LogP contribution in [0.15, 0.2) is 24.3 Å². The van der Waals surface area contributed by atoms with Crippen LogP contribution in [0.5, 0.6) is 0 Å². The molecule has 0 heterocycles.